The van der Waals surface area contributed by atoms with Crippen molar-refractivity contribution in [1.29, 1.82) is 0 Å². The molecule has 4 heteroatoms. The first kappa shape index (κ1) is 19.7. The maximum absolute atomic E-state index is 8.58. The van der Waals surface area contributed by atoms with Gasteiger partial charge < -0.3 is 18.7 Å². The minimum atomic E-state index is -2.51. The van der Waals surface area contributed by atoms with E-state index in [0.717, 1.165) is 12.5 Å². The molecule has 0 amide bonds. The average molecular weight is 465 g/mol. The third-order valence-corrected chi connectivity index (χ3v) is 3.34. The van der Waals surface area contributed by atoms with Gasteiger partial charge in [-0.05, 0) is 18.9 Å². The van der Waals surface area contributed by atoms with E-state index < -0.39 is 27.8 Å². The van der Waals surface area contributed by atoms with Crippen LogP contribution in [0.25, 0.3) is 0 Å². The monoisotopic (exact) mass is 465 g/mol. The van der Waals surface area contributed by atoms with Crippen LogP contribution in [0.3, 0.4) is 0 Å². The second-order valence-electron chi connectivity index (χ2n) is 4.11. The summed E-state index contributed by atoms with van der Waals surface area (Å²) >= 11 is -2.51. The van der Waals surface area contributed by atoms with Gasteiger partial charge in [0, 0.05) is 0 Å². The molecule has 0 aromatic heterocycles. The van der Waals surface area contributed by atoms with Crippen LogP contribution >= 0.6 is 0 Å². The minimum absolute atomic E-state index is 0.444. The number of rotatable bonds is 3. The molecule has 2 atom stereocenters. The summed E-state index contributed by atoms with van der Waals surface area (Å²) in [5.41, 5.74) is 0.444. The van der Waals surface area contributed by atoms with E-state index in [2.05, 4.69) is 45.2 Å². The number of hydrogen-bond donors (Lipinski definition) is 1. The summed E-state index contributed by atoms with van der Waals surface area (Å²) in [6.45, 7) is 12.8. The van der Waals surface area contributed by atoms with Crippen molar-refractivity contribution in [3.05, 3.63) is 26.0 Å². The molecule has 98 valence electrons. The van der Waals surface area contributed by atoms with Crippen LogP contribution in [-0.4, -0.2) is 13.6 Å². The van der Waals surface area contributed by atoms with Crippen LogP contribution < -0.4 is 5.32 Å². The summed E-state index contributed by atoms with van der Waals surface area (Å²) in [5.74, 6) is 0.815. The van der Waals surface area contributed by atoms with Gasteiger partial charge in [-0.15, -0.1) is 13.1 Å². The fourth-order valence-electron chi connectivity index (χ4n) is 1.96. The zero-order chi connectivity index (χ0) is 13.7. The van der Waals surface area contributed by atoms with Crippen LogP contribution in [0, 0.1) is 52.5 Å². The fourth-order valence-corrected chi connectivity index (χ4v) is 1.96. The third kappa shape index (κ3) is 8.13. The van der Waals surface area contributed by atoms with Crippen molar-refractivity contribution >= 4 is 0 Å². The first-order chi connectivity index (χ1) is 8.08. The Bertz CT molecular complexity index is 225. The van der Waals surface area contributed by atoms with Gasteiger partial charge >= 0.3 is 32.3 Å². The molecule has 0 heterocycles. The summed E-state index contributed by atoms with van der Waals surface area (Å²) in [6.07, 6.45) is 8.32. The van der Waals surface area contributed by atoms with Gasteiger partial charge in [0.15, 0.2) is 0 Å². The van der Waals surface area contributed by atoms with Crippen molar-refractivity contribution in [2.24, 2.45) is 11.3 Å². The van der Waals surface area contributed by atoms with Crippen molar-refractivity contribution in [2.45, 2.75) is 33.1 Å². The van der Waals surface area contributed by atoms with Crippen LogP contribution in [-0.2, 0) is 4.47 Å². The van der Waals surface area contributed by atoms with Crippen LogP contribution in [0.1, 0.15) is 33.1 Å². The summed E-state index contributed by atoms with van der Waals surface area (Å²) in [4.78, 5) is 0. The van der Waals surface area contributed by atoms with Gasteiger partial charge in [0.2, 0.25) is 0 Å². The van der Waals surface area contributed by atoms with Gasteiger partial charge in [-0.1, -0.05) is 25.8 Å². The normalized spacial score (nSPS) is 25.8. The van der Waals surface area contributed by atoms with E-state index in [9.17, 15) is 0 Å². The molecule has 1 aliphatic carbocycles. The second-order valence-corrected chi connectivity index (χ2v) is 4.80. The second kappa shape index (κ2) is 12.8. The predicted octanol–water partition coefficient (Wildman–Crippen LogP) is 3.01. The number of hydrogen-bond acceptors (Lipinski definition) is 3. The molecule has 0 spiro atoms. The fraction of sp³-hybridized carbons (Fsp3) is 0.692. The Morgan fingerprint density at radius 2 is 2.12 bits per heavy atom. The van der Waals surface area contributed by atoms with Gasteiger partial charge in [-0.2, -0.15) is 12.8 Å². The number of nitrogens with one attached hydrogen (secondary N) is 1. The molecule has 0 radical (unpaired) electrons. The Morgan fingerprint density at radius 1 is 1.65 bits per heavy atom. The quantitative estimate of drug-likeness (QED) is 0.515. The molecule has 1 rings (SSSR count). The Balaban J connectivity index is 0. The van der Waals surface area contributed by atoms with E-state index >= 15 is 0 Å². The van der Waals surface area contributed by atoms with Gasteiger partial charge in [0.25, 0.3) is 0 Å². The molecule has 0 aliphatic heterocycles. The van der Waals surface area contributed by atoms with Crippen molar-refractivity contribution in [3.63, 3.8) is 0 Å². The van der Waals surface area contributed by atoms with Crippen LogP contribution in [0.15, 0.2) is 12.7 Å². The van der Waals surface area contributed by atoms with E-state index in [-0.39, 0.29) is 0 Å². The molecule has 0 aromatic rings. The van der Waals surface area contributed by atoms with Gasteiger partial charge in [-0.25, -0.2) is 0 Å². The van der Waals surface area contributed by atoms with Crippen molar-refractivity contribution in [3.8, 4) is 0 Å². The first-order valence-electron chi connectivity index (χ1n) is 5.96. The summed E-state index contributed by atoms with van der Waals surface area (Å²) < 4.78 is 17.2. The zero-order valence-electron chi connectivity index (χ0n) is 11.3. The van der Waals surface area contributed by atoms with Crippen molar-refractivity contribution in [2.75, 3.05) is 13.6 Å². The van der Waals surface area contributed by atoms with E-state index in [1.807, 2.05) is 7.05 Å². The van der Waals surface area contributed by atoms with Crippen LogP contribution in [0.4, 0.5) is 0 Å². The molecule has 1 unspecified atom stereocenters. The molecule has 1 fully saturated rings. The van der Waals surface area contributed by atoms with E-state index in [0.29, 0.717) is 5.41 Å². The molecule has 0 saturated heterocycles. The molecular weight excluding hydrogens is 440 g/mol. The van der Waals surface area contributed by atoms with E-state index in [4.69, 9.17) is 4.47 Å². The first-order valence-corrected chi connectivity index (χ1v) is 9.36. The summed E-state index contributed by atoms with van der Waals surface area (Å²) in [7, 11) is 1.87. The predicted molar refractivity (Wildman–Crippen MR) is 66.3 cm³/mol. The van der Waals surface area contributed by atoms with Gasteiger partial charge in [0.05, 0.1) is 0 Å². The average Bonchev–Trinajstić information content (AvgIpc) is 2.72. The Morgan fingerprint density at radius 3 is 2.24 bits per heavy atom. The number of allylic oxidation sites excluding steroid dienone is 1. The Hall–Kier alpha value is 0.352. The standard InChI is InChI=1S/C10H17.C3H8N.2O.U/c1-4-10(5-2)8-6-7-9(10)3;1-3-4-2;;;/h4,6,9H,1,5,7-8H2,2-3H3;4H,1,3H2,2H3;;;/q2*-1;;;+2/t9-,10?;;;;/m1..../s1. The summed E-state index contributed by atoms with van der Waals surface area (Å²) in [6, 6.07) is 0. The van der Waals surface area contributed by atoms with Crippen LogP contribution in [0.2, 0.25) is 0 Å². The SMILES string of the molecule is C=CC1(CC)C[CH-]C[C@H]1C.[CH2-]CNC.[O]=[U+2]=[O]. The molecule has 0 aromatic carbocycles. The molecule has 0 bridgehead atoms. The zero-order valence-corrected chi connectivity index (χ0v) is 15.5. The Kier molecular flexibility index (Phi) is 14.8. The van der Waals surface area contributed by atoms with E-state index in [1.54, 1.807) is 0 Å². The van der Waals surface area contributed by atoms with Crippen molar-refractivity contribution < 1.29 is 32.3 Å². The molecule has 1 saturated carbocycles. The molecule has 1 aliphatic rings. The molecule has 1 N–H and O–H groups in total. The molecular formula is C13H25NO2U. The molecule has 3 nitrogen and oxygen atoms in total. The van der Waals surface area contributed by atoms with Crippen molar-refractivity contribution in [1.82, 2.24) is 5.32 Å². The molecule has 17 heavy (non-hydrogen) atoms. The summed E-state index contributed by atoms with van der Waals surface area (Å²) in [5, 5.41) is 2.82. The Labute approximate surface area is 121 Å². The maximum atomic E-state index is 8.58. The van der Waals surface area contributed by atoms with Crippen LogP contribution in [0.5, 0.6) is 0 Å². The van der Waals surface area contributed by atoms with Gasteiger partial charge in [0.1, 0.15) is 0 Å². The topological polar surface area (TPSA) is 46.2 Å². The van der Waals surface area contributed by atoms with E-state index in [1.165, 1.54) is 19.3 Å². The van der Waals surface area contributed by atoms with Gasteiger partial charge in [-0.3, -0.25) is 0 Å². The third-order valence-electron chi connectivity index (χ3n) is 3.34.